The van der Waals surface area contributed by atoms with E-state index in [1.165, 1.54) is 6.33 Å². The number of amides is 1. The van der Waals surface area contributed by atoms with Gasteiger partial charge >= 0.3 is 6.09 Å². The number of ether oxygens (including phenoxy) is 1. The zero-order chi connectivity index (χ0) is 16.8. The summed E-state index contributed by atoms with van der Waals surface area (Å²) >= 11 is 3.51. The van der Waals surface area contributed by atoms with Gasteiger partial charge in [-0.05, 0) is 49.2 Å². The zero-order valence-corrected chi connectivity index (χ0v) is 15.0. The Hall–Kier alpha value is -1.83. The third kappa shape index (κ3) is 3.12. The van der Waals surface area contributed by atoms with Gasteiger partial charge in [0.05, 0.1) is 0 Å². The van der Waals surface area contributed by atoms with E-state index in [1.54, 1.807) is 9.42 Å². The van der Waals surface area contributed by atoms with Crippen LogP contribution in [-0.4, -0.2) is 44.3 Å². The molecule has 3 heterocycles. The Morgan fingerprint density at radius 2 is 2.22 bits per heavy atom. The molecule has 7 nitrogen and oxygen atoms in total. The third-order valence-corrected chi connectivity index (χ3v) is 4.43. The number of aromatic nitrogens is 3. The fraction of sp³-hybridized carbons (Fsp3) is 0.533. The number of rotatable bonds is 1. The fourth-order valence-electron chi connectivity index (χ4n) is 2.83. The summed E-state index contributed by atoms with van der Waals surface area (Å²) in [6, 6.07) is 2.00. The molecule has 1 atom stereocenters. The van der Waals surface area contributed by atoms with Gasteiger partial charge < -0.3 is 15.4 Å². The molecule has 23 heavy (non-hydrogen) atoms. The second-order valence-corrected chi connectivity index (χ2v) is 7.59. The average Bonchev–Trinajstić information content (AvgIpc) is 3.02. The highest BCUT2D eigenvalue weighted by Gasteiger charge is 2.32. The molecular weight excluding hydrogens is 362 g/mol. The molecule has 2 aromatic rings. The van der Waals surface area contributed by atoms with E-state index in [4.69, 9.17) is 10.5 Å². The summed E-state index contributed by atoms with van der Waals surface area (Å²) in [5.41, 5.74) is 7.23. The Bertz CT molecular complexity index is 752. The molecule has 0 aliphatic carbocycles. The number of anilines is 1. The highest BCUT2D eigenvalue weighted by molar-refractivity contribution is 9.10. The van der Waals surface area contributed by atoms with Crippen LogP contribution in [0.15, 0.2) is 16.9 Å². The van der Waals surface area contributed by atoms with Crippen molar-refractivity contribution >= 4 is 33.4 Å². The first-order valence-corrected chi connectivity index (χ1v) is 8.31. The van der Waals surface area contributed by atoms with Gasteiger partial charge in [0.1, 0.15) is 17.4 Å². The predicted molar refractivity (Wildman–Crippen MR) is 90.3 cm³/mol. The van der Waals surface area contributed by atoms with Crippen molar-refractivity contribution < 1.29 is 9.53 Å². The predicted octanol–water partition coefficient (Wildman–Crippen LogP) is 2.80. The van der Waals surface area contributed by atoms with Crippen molar-refractivity contribution in [3.8, 4) is 0 Å². The van der Waals surface area contributed by atoms with Gasteiger partial charge in [0, 0.05) is 29.2 Å². The second-order valence-electron chi connectivity index (χ2n) is 6.73. The summed E-state index contributed by atoms with van der Waals surface area (Å²) in [7, 11) is 0. The minimum absolute atomic E-state index is 0.190. The van der Waals surface area contributed by atoms with Gasteiger partial charge in [-0.3, -0.25) is 0 Å². The van der Waals surface area contributed by atoms with E-state index in [0.717, 1.165) is 22.1 Å². The lowest BCUT2D eigenvalue weighted by Gasteiger charge is -2.24. The van der Waals surface area contributed by atoms with Gasteiger partial charge in [-0.1, -0.05) is 0 Å². The molecule has 1 amide bonds. The number of fused-ring (bicyclic) bond motifs is 1. The van der Waals surface area contributed by atoms with E-state index in [0.29, 0.717) is 18.9 Å². The monoisotopic (exact) mass is 381 g/mol. The van der Waals surface area contributed by atoms with Crippen LogP contribution in [0, 0.1) is 0 Å². The normalized spacial score (nSPS) is 18.6. The summed E-state index contributed by atoms with van der Waals surface area (Å²) in [6.07, 6.45) is 2.04. The van der Waals surface area contributed by atoms with Gasteiger partial charge in [-0.15, -0.1) is 0 Å². The molecule has 1 aliphatic rings. The summed E-state index contributed by atoms with van der Waals surface area (Å²) in [5.74, 6) is 0.621. The van der Waals surface area contributed by atoms with Crippen molar-refractivity contribution in [3.63, 3.8) is 0 Å². The lowest BCUT2D eigenvalue weighted by atomic mass is 10.1. The molecule has 0 saturated carbocycles. The summed E-state index contributed by atoms with van der Waals surface area (Å²) in [5, 5.41) is 4.30. The number of carbonyl (C=O) groups is 1. The third-order valence-electron chi connectivity index (χ3n) is 3.82. The Morgan fingerprint density at radius 3 is 2.91 bits per heavy atom. The van der Waals surface area contributed by atoms with Crippen molar-refractivity contribution in [2.75, 3.05) is 18.8 Å². The van der Waals surface area contributed by atoms with Crippen LogP contribution in [0.5, 0.6) is 0 Å². The van der Waals surface area contributed by atoms with Crippen molar-refractivity contribution in [3.05, 3.63) is 22.6 Å². The smallest absolute Gasteiger partial charge is 0.410 e. The molecule has 0 radical (unpaired) electrons. The minimum Gasteiger partial charge on any atom is -0.444 e. The number of hydrogen-bond donors (Lipinski definition) is 1. The lowest BCUT2D eigenvalue weighted by molar-refractivity contribution is 0.0292. The molecule has 2 N–H and O–H groups in total. The molecule has 3 rings (SSSR count). The fourth-order valence-corrected chi connectivity index (χ4v) is 3.44. The van der Waals surface area contributed by atoms with Crippen LogP contribution >= 0.6 is 15.9 Å². The summed E-state index contributed by atoms with van der Waals surface area (Å²) in [4.78, 5) is 18.0. The Morgan fingerprint density at radius 1 is 1.48 bits per heavy atom. The number of halogens is 1. The maximum atomic E-state index is 12.2. The number of nitrogens with zero attached hydrogens (tertiary/aromatic N) is 4. The summed E-state index contributed by atoms with van der Waals surface area (Å²) < 4.78 is 8.11. The van der Waals surface area contributed by atoms with E-state index in [9.17, 15) is 4.79 Å². The van der Waals surface area contributed by atoms with Gasteiger partial charge in [-0.2, -0.15) is 5.10 Å². The van der Waals surface area contributed by atoms with Crippen molar-refractivity contribution in [2.24, 2.45) is 0 Å². The van der Waals surface area contributed by atoms with Gasteiger partial charge in [0.25, 0.3) is 0 Å². The van der Waals surface area contributed by atoms with E-state index < -0.39 is 5.60 Å². The van der Waals surface area contributed by atoms with E-state index in [-0.39, 0.29) is 12.0 Å². The first-order chi connectivity index (χ1) is 10.8. The molecule has 1 saturated heterocycles. The molecule has 1 aliphatic heterocycles. The average molecular weight is 382 g/mol. The van der Waals surface area contributed by atoms with E-state index >= 15 is 0 Å². The largest absolute Gasteiger partial charge is 0.444 e. The Balaban J connectivity index is 1.83. The molecule has 0 bridgehead atoms. The minimum atomic E-state index is -0.484. The molecule has 2 aromatic heterocycles. The van der Waals surface area contributed by atoms with Crippen molar-refractivity contribution in [1.29, 1.82) is 0 Å². The first-order valence-electron chi connectivity index (χ1n) is 7.52. The van der Waals surface area contributed by atoms with Crippen LogP contribution in [-0.2, 0) is 4.74 Å². The Kier molecular flexibility index (Phi) is 3.95. The second kappa shape index (κ2) is 5.67. The number of nitrogen functional groups attached to an aromatic ring is 1. The van der Waals surface area contributed by atoms with Crippen LogP contribution in [0.2, 0.25) is 0 Å². The molecule has 0 aromatic carbocycles. The van der Waals surface area contributed by atoms with Gasteiger partial charge in [-0.25, -0.2) is 14.3 Å². The topological polar surface area (TPSA) is 85.8 Å². The first kappa shape index (κ1) is 16.0. The summed E-state index contributed by atoms with van der Waals surface area (Å²) in [6.45, 7) is 6.89. The standard InChI is InChI=1S/C15H20BrN5O2/c1-15(2,3)23-14(22)20-5-4-9(7-20)11-6-10(16)12-13(17)18-8-19-21(11)12/h6,8-9H,4-5,7H2,1-3H3,(H2,17,18,19). The molecule has 1 unspecified atom stereocenters. The van der Waals surface area contributed by atoms with Crippen LogP contribution in [0.25, 0.3) is 5.52 Å². The van der Waals surface area contributed by atoms with Gasteiger partial charge in [0.15, 0.2) is 5.82 Å². The van der Waals surface area contributed by atoms with Crippen LogP contribution in [0.3, 0.4) is 0 Å². The SMILES string of the molecule is CC(C)(C)OC(=O)N1CCC(c2cc(Br)c3c(N)ncnn23)C1. The molecule has 0 spiro atoms. The number of hydrogen-bond acceptors (Lipinski definition) is 5. The molecule has 8 heteroatoms. The number of likely N-dealkylation sites (tertiary alicyclic amines) is 1. The maximum absolute atomic E-state index is 12.2. The maximum Gasteiger partial charge on any atom is 0.410 e. The van der Waals surface area contributed by atoms with Crippen LogP contribution in [0.1, 0.15) is 38.8 Å². The van der Waals surface area contributed by atoms with Gasteiger partial charge in [0.2, 0.25) is 0 Å². The highest BCUT2D eigenvalue weighted by atomic mass is 79.9. The molecular formula is C15H20BrN5O2. The van der Waals surface area contributed by atoms with Crippen molar-refractivity contribution in [2.45, 2.75) is 38.7 Å². The Labute approximate surface area is 142 Å². The van der Waals surface area contributed by atoms with Crippen molar-refractivity contribution in [1.82, 2.24) is 19.5 Å². The van der Waals surface area contributed by atoms with E-state index in [1.807, 2.05) is 26.8 Å². The highest BCUT2D eigenvalue weighted by Crippen LogP contribution is 2.34. The van der Waals surface area contributed by atoms with Crippen LogP contribution < -0.4 is 5.73 Å². The molecule has 1 fully saturated rings. The number of nitrogens with two attached hydrogens (primary N) is 1. The molecule has 124 valence electrons. The van der Waals surface area contributed by atoms with E-state index in [2.05, 4.69) is 26.0 Å². The quantitative estimate of drug-likeness (QED) is 0.820. The van der Waals surface area contributed by atoms with Crippen LogP contribution in [0.4, 0.5) is 10.6 Å². The zero-order valence-electron chi connectivity index (χ0n) is 13.4. The number of carbonyl (C=O) groups excluding carboxylic acids is 1. The lowest BCUT2D eigenvalue weighted by Crippen LogP contribution is -2.35.